The SMILES string of the molecule is CC(C)CCc1cc(N2CCN(C)CC2)ncn1.O=CCOc1cccc(F)c1. The Morgan fingerprint density at radius 2 is 1.93 bits per heavy atom. The zero-order valence-corrected chi connectivity index (χ0v) is 17.6. The van der Waals surface area contributed by atoms with Crippen molar-refractivity contribution < 1.29 is 13.9 Å². The summed E-state index contributed by atoms with van der Waals surface area (Å²) in [5, 5.41) is 0. The molecular formula is C22H31FN4O2. The van der Waals surface area contributed by atoms with Crippen LogP contribution in [0.3, 0.4) is 0 Å². The Balaban J connectivity index is 0.000000234. The van der Waals surface area contributed by atoms with E-state index < -0.39 is 0 Å². The number of nitrogens with zero attached hydrogens (tertiary/aromatic N) is 4. The van der Waals surface area contributed by atoms with Crippen molar-refractivity contribution in [2.75, 3.05) is 44.7 Å². The van der Waals surface area contributed by atoms with Gasteiger partial charge in [0.05, 0.1) is 0 Å². The van der Waals surface area contributed by atoms with Gasteiger partial charge < -0.3 is 14.5 Å². The number of anilines is 1. The first kappa shape index (κ1) is 22.7. The molecule has 0 aliphatic carbocycles. The largest absolute Gasteiger partial charge is 0.486 e. The summed E-state index contributed by atoms with van der Waals surface area (Å²) in [4.78, 5) is 23.3. The molecule has 0 unspecified atom stereocenters. The van der Waals surface area contributed by atoms with Crippen LogP contribution in [-0.2, 0) is 11.2 Å². The normalized spacial score (nSPS) is 14.3. The van der Waals surface area contributed by atoms with E-state index in [4.69, 9.17) is 4.74 Å². The number of aromatic nitrogens is 2. The number of hydrogen-bond acceptors (Lipinski definition) is 6. The van der Waals surface area contributed by atoms with Crippen LogP contribution < -0.4 is 9.64 Å². The molecule has 0 atom stereocenters. The number of aryl methyl sites for hydroxylation is 1. The van der Waals surface area contributed by atoms with Crippen molar-refractivity contribution in [3.8, 4) is 5.75 Å². The Hall–Kier alpha value is -2.54. The van der Waals surface area contributed by atoms with Gasteiger partial charge in [0, 0.05) is 44.0 Å². The monoisotopic (exact) mass is 402 g/mol. The van der Waals surface area contributed by atoms with Gasteiger partial charge in [-0.05, 0) is 37.9 Å². The average Bonchev–Trinajstić information content (AvgIpc) is 2.72. The highest BCUT2D eigenvalue weighted by Gasteiger charge is 2.15. The molecule has 29 heavy (non-hydrogen) atoms. The Bertz CT molecular complexity index is 749. The maximum Gasteiger partial charge on any atom is 0.157 e. The molecule has 0 radical (unpaired) electrons. The van der Waals surface area contributed by atoms with Crippen LogP contribution >= 0.6 is 0 Å². The number of hydrogen-bond donors (Lipinski definition) is 0. The van der Waals surface area contributed by atoms with Crippen molar-refractivity contribution in [3.63, 3.8) is 0 Å². The van der Waals surface area contributed by atoms with Gasteiger partial charge in [0.25, 0.3) is 0 Å². The molecule has 6 nitrogen and oxygen atoms in total. The van der Waals surface area contributed by atoms with Crippen LogP contribution in [0.25, 0.3) is 0 Å². The maximum atomic E-state index is 12.4. The van der Waals surface area contributed by atoms with Gasteiger partial charge in [0.2, 0.25) is 0 Å². The van der Waals surface area contributed by atoms with Gasteiger partial charge in [-0.15, -0.1) is 0 Å². The smallest absolute Gasteiger partial charge is 0.157 e. The summed E-state index contributed by atoms with van der Waals surface area (Å²) in [7, 11) is 2.17. The third-order valence-electron chi connectivity index (χ3n) is 4.63. The summed E-state index contributed by atoms with van der Waals surface area (Å²) in [6.07, 6.45) is 4.58. The summed E-state index contributed by atoms with van der Waals surface area (Å²) >= 11 is 0. The molecule has 158 valence electrons. The number of piperazine rings is 1. The fourth-order valence-corrected chi connectivity index (χ4v) is 2.85. The number of aldehydes is 1. The van der Waals surface area contributed by atoms with Crippen LogP contribution in [0.5, 0.6) is 5.75 Å². The summed E-state index contributed by atoms with van der Waals surface area (Å²) < 4.78 is 17.3. The van der Waals surface area contributed by atoms with Crippen LogP contribution in [0, 0.1) is 11.7 Å². The lowest BCUT2D eigenvalue weighted by Gasteiger charge is -2.33. The summed E-state index contributed by atoms with van der Waals surface area (Å²) in [6, 6.07) is 7.81. The van der Waals surface area contributed by atoms with Gasteiger partial charge in [0.15, 0.2) is 6.29 Å². The first-order valence-electron chi connectivity index (χ1n) is 10.0. The second-order valence-corrected chi connectivity index (χ2v) is 7.53. The Morgan fingerprint density at radius 1 is 1.17 bits per heavy atom. The molecule has 1 aromatic carbocycles. The van der Waals surface area contributed by atoms with Gasteiger partial charge in [0.1, 0.15) is 30.3 Å². The minimum absolute atomic E-state index is 0.0382. The molecule has 2 aromatic rings. The average molecular weight is 403 g/mol. The Kier molecular flexibility index (Phi) is 9.50. The highest BCUT2D eigenvalue weighted by molar-refractivity contribution is 5.51. The van der Waals surface area contributed by atoms with Gasteiger partial charge >= 0.3 is 0 Å². The van der Waals surface area contributed by atoms with Crippen molar-refractivity contribution in [2.24, 2.45) is 5.92 Å². The lowest BCUT2D eigenvalue weighted by Crippen LogP contribution is -2.44. The van der Waals surface area contributed by atoms with E-state index in [1.165, 1.54) is 30.3 Å². The van der Waals surface area contributed by atoms with E-state index in [9.17, 15) is 9.18 Å². The van der Waals surface area contributed by atoms with Crippen molar-refractivity contribution in [1.82, 2.24) is 14.9 Å². The predicted molar refractivity (Wildman–Crippen MR) is 113 cm³/mol. The number of carbonyl (C=O) groups excluding carboxylic acids is 1. The molecule has 7 heteroatoms. The highest BCUT2D eigenvalue weighted by Crippen LogP contribution is 2.15. The second-order valence-electron chi connectivity index (χ2n) is 7.53. The van der Waals surface area contributed by atoms with Crippen LogP contribution in [0.4, 0.5) is 10.2 Å². The summed E-state index contributed by atoms with van der Waals surface area (Å²) in [6.45, 7) is 8.83. The van der Waals surface area contributed by atoms with Crippen molar-refractivity contribution >= 4 is 12.1 Å². The van der Waals surface area contributed by atoms with Crippen LogP contribution in [0.2, 0.25) is 0 Å². The van der Waals surface area contributed by atoms with Gasteiger partial charge in [-0.3, -0.25) is 4.79 Å². The molecule has 1 aliphatic heterocycles. The van der Waals surface area contributed by atoms with Crippen molar-refractivity contribution in [3.05, 3.63) is 48.2 Å². The molecule has 0 saturated carbocycles. The molecular weight excluding hydrogens is 371 g/mol. The molecule has 1 fully saturated rings. The molecule has 1 aliphatic rings. The van der Waals surface area contributed by atoms with Crippen molar-refractivity contribution in [1.29, 1.82) is 0 Å². The number of carbonyl (C=O) groups is 1. The Labute approximate surface area is 172 Å². The van der Waals surface area contributed by atoms with E-state index in [0.717, 1.165) is 44.3 Å². The quantitative estimate of drug-likeness (QED) is 0.663. The second kappa shape index (κ2) is 12.1. The van der Waals surface area contributed by atoms with E-state index >= 15 is 0 Å². The zero-order valence-electron chi connectivity index (χ0n) is 17.6. The Morgan fingerprint density at radius 3 is 2.59 bits per heavy atom. The topological polar surface area (TPSA) is 58.6 Å². The van der Waals surface area contributed by atoms with Gasteiger partial charge in [-0.1, -0.05) is 19.9 Å². The molecule has 1 aromatic heterocycles. The number of rotatable bonds is 7. The maximum absolute atomic E-state index is 12.4. The molecule has 0 N–H and O–H groups in total. The number of likely N-dealkylation sites (N-methyl/N-ethyl adjacent to an activating group) is 1. The zero-order chi connectivity index (χ0) is 21.1. The van der Waals surface area contributed by atoms with Crippen LogP contribution in [0.1, 0.15) is 26.0 Å². The summed E-state index contributed by atoms with van der Waals surface area (Å²) in [5.74, 6) is 1.83. The number of ether oxygens (including phenoxy) is 1. The first-order valence-corrected chi connectivity index (χ1v) is 10.0. The van der Waals surface area contributed by atoms with E-state index in [2.05, 4.69) is 46.7 Å². The van der Waals surface area contributed by atoms with E-state index in [-0.39, 0.29) is 12.4 Å². The predicted octanol–water partition coefficient (Wildman–Crippen LogP) is 3.22. The van der Waals surface area contributed by atoms with E-state index in [1.807, 2.05) is 0 Å². The molecule has 3 rings (SSSR count). The first-order chi connectivity index (χ1) is 14.0. The van der Waals surface area contributed by atoms with E-state index in [0.29, 0.717) is 12.0 Å². The van der Waals surface area contributed by atoms with Crippen molar-refractivity contribution in [2.45, 2.75) is 26.7 Å². The third kappa shape index (κ3) is 8.56. The fraction of sp³-hybridized carbons (Fsp3) is 0.500. The molecule has 0 spiro atoms. The highest BCUT2D eigenvalue weighted by atomic mass is 19.1. The number of benzene rings is 1. The number of halogens is 1. The summed E-state index contributed by atoms with van der Waals surface area (Å²) in [5.41, 5.74) is 1.17. The fourth-order valence-electron chi connectivity index (χ4n) is 2.85. The standard InChI is InChI=1S/C14H24N4.C8H7FO2/c1-12(2)4-5-13-10-14(16-11-15-13)18-8-6-17(3)7-9-18;9-7-2-1-3-8(6-7)11-5-4-10/h10-12H,4-9H2,1-3H3;1-4,6H,5H2. The van der Waals surface area contributed by atoms with Crippen LogP contribution in [0.15, 0.2) is 36.7 Å². The van der Waals surface area contributed by atoms with Crippen LogP contribution in [-0.4, -0.2) is 61.0 Å². The lowest BCUT2D eigenvalue weighted by atomic mass is 10.1. The van der Waals surface area contributed by atoms with E-state index in [1.54, 1.807) is 12.4 Å². The molecule has 2 heterocycles. The third-order valence-corrected chi connectivity index (χ3v) is 4.63. The molecule has 0 bridgehead atoms. The minimum atomic E-state index is -0.367. The van der Waals surface area contributed by atoms with Gasteiger partial charge in [-0.2, -0.15) is 0 Å². The lowest BCUT2D eigenvalue weighted by molar-refractivity contribution is -0.109. The molecule has 0 amide bonds. The minimum Gasteiger partial charge on any atom is -0.486 e. The molecule has 1 saturated heterocycles. The van der Waals surface area contributed by atoms with Gasteiger partial charge in [-0.25, -0.2) is 14.4 Å².